The molecule has 2 fully saturated rings. The highest BCUT2D eigenvalue weighted by Gasteiger charge is 2.32. The van der Waals surface area contributed by atoms with Crippen molar-refractivity contribution in [2.45, 2.75) is 109 Å². The minimum Gasteiger partial charge on any atom is -0.480 e. The predicted molar refractivity (Wildman–Crippen MR) is 124 cm³/mol. The second-order valence-corrected chi connectivity index (χ2v) is 11.2. The van der Waals surface area contributed by atoms with Crippen LogP contribution in [0.15, 0.2) is 0 Å². The first-order valence-electron chi connectivity index (χ1n) is 12.2. The van der Waals surface area contributed by atoms with Gasteiger partial charge in [0.15, 0.2) is 0 Å². The Morgan fingerprint density at radius 1 is 0.969 bits per heavy atom. The second kappa shape index (κ2) is 13.5. The van der Waals surface area contributed by atoms with Gasteiger partial charge in [0.05, 0.1) is 0 Å². The molecule has 0 aromatic rings. The fourth-order valence-corrected chi connectivity index (χ4v) is 6.04. The van der Waals surface area contributed by atoms with E-state index in [-0.39, 0.29) is 24.3 Å². The Bertz CT molecular complexity index is 688. The molecule has 0 radical (unpaired) electrons. The fraction of sp³-hybridized carbons (Fsp3) is 0.909. The molecule has 0 saturated heterocycles. The molecular weight excluding hydrogens is 432 g/mol. The molecule has 0 aromatic heterocycles. The molecule has 6 N–H and O–H groups in total. The van der Waals surface area contributed by atoms with E-state index in [9.17, 15) is 23.1 Å². The zero-order valence-electron chi connectivity index (χ0n) is 19.4. The van der Waals surface area contributed by atoms with Gasteiger partial charge < -0.3 is 16.2 Å². The third kappa shape index (κ3) is 9.72. The van der Waals surface area contributed by atoms with E-state index in [4.69, 9.17) is 5.73 Å². The summed E-state index contributed by atoms with van der Waals surface area (Å²) in [5, 5.41) is 12.5. The zero-order chi connectivity index (χ0) is 23.6. The normalized spacial score (nSPS) is 24.6. The molecule has 0 aliphatic heterocycles. The van der Waals surface area contributed by atoms with Crippen LogP contribution in [0.5, 0.6) is 0 Å². The first-order chi connectivity index (χ1) is 15.2. The monoisotopic (exact) mass is 474 g/mol. The van der Waals surface area contributed by atoms with Crippen LogP contribution in [0.1, 0.15) is 90.4 Å². The number of amides is 1. The third-order valence-corrected chi connectivity index (χ3v) is 8.00. The van der Waals surface area contributed by atoms with Crippen LogP contribution < -0.4 is 20.5 Å². The smallest absolute Gasteiger partial charge is 0.321 e. The van der Waals surface area contributed by atoms with Crippen molar-refractivity contribution in [3.8, 4) is 0 Å². The second-order valence-electron chi connectivity index (χ2n) is 9.67. The number of carboxylic acids is 1. The van der Waals surface area contributed by atoms with E-state index in [1.807, 2.05) is 0 Å². The van der Waals surface area contributed by atoms with Gasteiger partial charge in [0.1, 0.15) is 12.1 Å². The number of carboxylic acid groups (broad SMARTS) is 1. The molecule has 0 bridgehead atoms. The summed E-state index contributed by atoms with van der Waals surface area (Å²) in [7, 11) is -4.18. The van der Waals surface area contributed by atoms with Crippen molar-refractivity contribution in [1.29, 1.82) is 0 Å². The number of nitrogens with one attached hydrogen (secondary N) is 3. The highest BCUT2D eigenvalue weighted by molar-refractivity contribution is 7.87. The van der Waals surface area contributed by atoms with E-state index >= 15 is 0 Å². The molecule has 0 aromatic carbocycles. The minimum atomic E-state index is -4.18. The molecule has 2 aliphatic carbocycles. The first-order valence-corrected chi connectivity index (χ1v) is 13.7. The third-order valence-electron chi connectivity index (χ3n) is 6.81. The maximum atomic E-state index is 13.1. The summed E-state index contributed by atoms with van der Waals surface area (Å²) in [4.78, 5) is 24.6. The summed E-state index contributed by atoms with van der Waals surface area (Å²) in [5.41, 5.74) is 5.45. The summed E-state index contributed by atoms with van der Waals surface area (Å²) >= 11 is 0. The molecule has 0 heterocycles. The Kier molecular flexibility index (Phi) is 11.4. The number of carbonyl (C=O) groups excluding carboxylic acids is 1. The molecule has 2 unspecified atom stereocenters. The molecule has 186 valence electrons. The van der Waals surface area contributed by atoms with E-state index in [2.05, 4.69) is 21.7 Å². The lowest BCUT2D eigenvalue weighted by molar-refractivity contribution is -0.139. The van der Waals surface area contributed by atoms with Crippen LogP contribution in [0, 0.1) is 11.8 Å². The number of unbranched alkanes of at least 4 members (excludes halogenated alkanes) is 1. The van der Waals surface area contributed by atoms with Crippen molar-refractivity contribution >= 4 is 22.1 Å². The lowest BCUT2D eigenvalue weighted by Gasteiger charge is -2.31. The molecule has 9 nitrogen and oxygen atoms in total. The van der Waals surface area contributed by atoms with Crippen molar-refractivity contribution in [3.63, 3.8) is 0 Å². The Labute approximate surface area is 192 Å². The van der Waals surface area contributed by atoms with Crippen molar-refractivity contribution in [3.05, 3.63) is 0 Å². The molecule has 10 heteroatoms. The summed E-state index contributed by atoms with van der Waals surface area (Å²) in [5.74, 6) is -0.614. The van der Waals surface area contributed by atoms with Gasteiger partial charge >= 0.3 is 5.97 Å². The SMILES string of the molecule is CC1CCC(NC(=O)C(CC2CCCCC2)NS(=O)(=O)NC(CCCCN)C(=O)O)CC1. The van der Waals surface area contributed by atoms with Crippen LogP contribution in [0.3, 0.4) is 0 Å². The van der Waals surface area contributed by atoms with Gasteiger partial charge in [-0.15, -0.1) is 0 Å². The van der Waals surface area contributed by atoms with Crippen molar-refractivity contribution in [2.75, 3.05) is 6.54 Å². The predicted octanol–water partition coefficient (Wildman–Crippen LogP) is 2.03. The van der Waals surface area contributed by atoms with Gasteiger partial charge in [0.2, 0.25) is 5.91 Å². The average molecular weight is 475 g/mol. The standard InChI is InChI=1S/C22H42N4O5S/c1-16-10-12-18(13-11-16)24-21(27)20(15-17-7-3-2-4-8-17)26-32(30,31)25-19(22(28)29)9-5-6-14-23/h16-20,25-26H,2-15,23H2,1H3,(H,24,27)(H,28,29). The van der Waals surface area contributed by atoms with Gasteiger partial charge in [-0.05, 0) is 63.3 Å². The van der Waals surface area contributed by atoms with Crippen LogP contribution in [-0.4, -0.2) is 50.1 Å². The van der Waals surface area contributed by atoms with E-state index < -0.39 is 28.3 Å². The van der Waals surface area contributed by atoms with Crippen LogP contribution >= 0.6 is 0 Å². The highest BCUT2D eigenvalue weighted by atomic mass is 32.2. The molecule has 2 atom stereocenters. The lowest BCUT2D eigenvalue weighted by atomic mass is 9.84. The number of hydrogen-bond donors (Lipinski definition) is 5. The number of carbonyl (C=O) groups is 2. The molecule has 32 heavy (non-hydrogen) atoms. The lowest BCUT2D eigenvalue weighted by Crippen LogP contribution is -2.55. The fourth-order valence-electron chi connectivity index (χ4n) is 4.81. The summed E-state index contributed by atoms with van der Waals surface area (Å²) in [6.45, 7) is 2.62. The van der Waals surface area contributed by atoms with Crippen LogP contribution in [0.2, 0.25) is 0 Å². The molecular formula is C22H42N4O5S. The van der Waals surface area contributed by atoms with Gasteiger partial charge in [-0.3, -0.25) is 9.59 Å². The maximum absolute atomic E-state index is 13.1. The van der Waals surface area contributed by atoms with Crippen molar-refractivity contribution in [1.82, 2.24) is 14.8 Å². The number of nitrogens with two attached hydrogens (primary N) is 1. The topological polar surface area (TPSA) is 151 Å². The van der Waals surface area contributed by atoms with Crippen LogP contribution in [0.4, 0.5) is 0 Å². The molecule has 2 aliphatic rings. The Balaban J connectivity index is 2.03. The van der Waals surface area contributed by atoms with Gasteiger partial charge in [-0.2, -0.15) is 17.9 Å². The highest BCUT2D eigenvalue weighted by Crippen LogP contribution is 2.28. The molecule has 0 spiro atoms. The van der Waals surface area contributed by atoms with Crippen molar-refractivity contribution < 1.29 is 23.1 Å². The Hall–Kier alpha value is -1.23. The Morgan fingerprint density at radius 3 is 2.19 bits per heavy atom. The van der Waals surface area contributed by atoms with Crippen LogP contribution in [0.25, 0.3) is 0 Å². The van der Waals surface area contributed by atoms with Crippen LogP contribution in [-0.2, 0) is 19.8 Å². The molecule has 1 amide bonds. The van der Waals surface area contributed by atoms with Gasteiger partial charge in [-0.1, -0.05) is 45.4 Å². The minimum absolute atomic E-state index is 0.0630. The van der Waals surface area contributed by atoms with Gasteiger partial charge in [-0.25, -0.2) is 0 Å². The van der Waals surface area contributed by atoms with Gasteiger partial charge in [0, 0.05) is 6.04 Å². The summed E-state index contributed by atoms with van der Waals surface area (Å²) in [6.07, 6.45) is 10.9. The summed E-state index contributed by atoms with van der Waals surface area (Å²) < 4.78 is 30.3. The number of aliphatic carboxylic acids is 1. The summed E-state index contributed by atoms with van der Waals surface area (Å²) in [6, 6.07) is -2.10. The van der Waals surface area contributed by atoms with E-state index in [0.29, 0.717) is 31.7 Å². The molecule has 2 saturated carbocycles. The largest absolute Gasteiger partial charge is 0.480 e. The van der Waals surface area contributed by atoms with E-state index in [0.717, 1.165) is 51.4 Å². The number of rotatable bonds is 13. The average Bonchev–Trinajstić information content (AvgIpc) is 2.74. The van der Waals surface area contributed by atoms with Gasteiger partial charge in [0.25, 0.3) is 10.2 Å². The maximum Gasteiger partial charge on any atom is 0.321 e. The van der Waals surface area contributed by atoms with Crippen molar-refractivity contribution in [2.24, 2.45) is 17.6 Å². The van der Waals surface area contributed by atoms with E-state index in [1.165, 1.54) is 6.42 Å². The number of hydrogen-bond acceptors (Lipinski definition) is 5. The zero-order valence-corrected chi connectivity index (χ0v) is 20.2. The quantitative estimate of drug-likeness (QED) is 0.258. The van der Waals surface area contributed by atoms with E-state index in [1.54, 1.807) is 0 Å². The Morgan fingerprint density at radius 2 is 1.59 bits per heavy atom. The molecule has 2 rings (SSSR count). The first kappa shape index (κ1) is 27.0.